The average molecular weight is 155 g/mol. The highest BCUT2D eigenvalue weighted by Gasteiger charge is 2.09. The predicted molar refractivity (Wildman–Crippen MR) is 41.3 cm³/mol. The van der Waals surface area contributed by atoms with Crippen LogP contribution in [0.3, 0.4) is 0 Å². The van der Waals surface area contributed by atoms with Crippen molar-refractivity contribution in [2.75, 3.05) is 0 Å². The van der Waals surface area contributed by atoms with Crippen LogP contribution in [0.15, 0.2) is 23.4 Å². The Kier molecular flexibility index (Phi) is 2.31. The van der Waals surface area contributed by atoms with Gasteiger partial charge in [0.25, 0.3) is 0 Å². The van der Waals surface area contributed by atoms with E-state index in [0.717, 1.165) is 0 Å². The van der Waals surface area contributed by atoms with Crippen LogP contribution in [0, 0.1) is 0 Å². The summed E-state index contributed by atoms with van der Waals surface area (Å²) in [5.41, 5.74) is 0.354. The standard InChI is InChI=1S/C5H6BNO2S/c8-6(9)4-1-5(10)3-7-2-4/h1-3,8-10H. The SMILES string of the molecule is OB(O)c1cncc(S)c1. The van der Waals surface area contributed by atoms with Crippen LogP contribution in [0.4, 0.5) is 0 Å². The third-order valence-corrected chi connectivity index (χ3v) is 1.29. The molecule has 52 valence electrons. The van der Waals surface area contributed by atoms with Crippen molar-refractivity contribution in [3.8, 4) is 0 Å². The summed E-state index contributed by atoms with van der Waals surface area (Å²) >= 11 is 3.96. The fourth-order valence-corrected chi connectivity index (χ4v) is 0.802. The van der Waals surface area contributed by atoms with Crippen LogP contribution in [0.5, 0.6) is 0 Å². The first-order valence-electron chi connectivity index (χ1n) is 2.70. The number of pyridine rings is 1. The molecule has 0 saturated heterocycles. The molecule has 1 aromatic heterocycles. The maximum absolute atomic E-state index is 8.63. The smallest absolute Gasteiger partial charge is 0.423 e. The molecule has 1 rings (SSSR count). The molecule has 0 radical (unpaired) electrons. The molecule has 5 heteroatoms. The van der Waals surface area contributed by atoms with Crippen LogP contribution in [0.25, 0.3) is 0 Å². The van der Waals surface area contributed by atoms with Crippen molar-refractivity contribution in [2.24, 2.45) is 0 Å². The van der Waals surface area contributed by atoms with E-state index in [0.29, 0.717) is 10.4 Å². The molecule has 0 amide bonds. The van der Waals surface area contributed by atoms with E-state index in [4.69, 9.17) is 10.0 Å². The summed E-state index contributed by atoms with van der Waals surface area (Å²) in [6, 6.07) is 1.54. The second kappa shape index (κ2) is 3.05. The molecule has 0 bridgehead atoms. The van der Waals surface area contributed by atoms with E-state index in [1.807, 2.05) is 0 Å². The third kappa shape index (κ3) is 1.73. The Balaban J connectivity index is 2.96. The van der Waals surface area contributed by atoms with Gasteiger partial charge in [-0.2, -0.15) is 0 Å². The summed E-state index contributed by atoms with van der Waals surface area (Å²) in [5.74, 6) is 0. The van der Waals surface area contributed by atoms with Gasteiger partial charge in [0.1, 0.15) is 0 Å². The summed E-state index contributed by atoms with van der Waals surface area (Å²) in [4.78, 5) is 4.33. The molecule has 10 heavy (non-hydrogen) atoms. The van der Waals surface area contributed by atoms with E-state index in [1.54, 1.807) is 6.07 Å². The first kappa shape index (κ1) is 7.59. The molecule has 0 saturated carbocycles. The zero-order chi connectivity index (χ0) is 7.56. The zero-order valence-electron chi connectivity index (χ0n) is 5.10. The predicted octanol–water partition coefficient (Wildman–Crippen LogP) is -0.950. The van der Waals surface area contributed by atoms with Gasteiger partial charge in [0, 0.05) is 22.8 Å². The number of rotatable bonds is 1. The first-order chi connectivity index (χ1) is 4.70. The molecule has 0 aromatic carbocycles. The van der Waals surface area contributed by atoms with Crippen LogP contribution < -0.4 is 5.46 Å². The summed E-state index contributed by atoms with van der Waals surface area (Å²) in [6.07, 6.45) is 2.90. The average Bonchev–Trinajstić information content (AvgIpc) is 1.88. The normalized spacial score (nSPS) is 9.50. The van der Waals surface area contributed by atoms with Gasteiger partial charge in [-0.05, 0) is 6.07 Å². The van der Waals surface area contributed by atoms with Gasteiger partial charge < -0.3 is 10.0 Å². The molecule has 0 atom stereocenters. The van der Waals surface area contributed by atoms with Crippen LogP contribution in [-0.2, 0) is 0 Å². The lowest BCUT2D eigenvalue weighted by Crippen LogP contribution is -2.29. The molecular formula is C5H6BNO2S. The van der Waals surface area contributed by atoms with Gasteiger partial charge in [0.15, 0.2) is 0 Å². The minimum Gasteiger partial charge on any atom is -0.423 e. The second-order valence-corrected chi connectivity index (χ2v) is 2.37. The second-order valence-electron chi connectivity index (χ2n) is 1.85. The maximum atomic E-state index is 8.63. The van der Waals surface area contributed by atoms with Crippen molar-refractivity contribution in [3.05, 3.63) is 18.5 Å². The highest BCUT2D eigenvalue weighted by molar-refractivity contribution is 7.80. The molecule has 1 heterocycles. The molecule has 0 aliphatic rings. The van der Waals surface area contributed by atoms with Crippen molar-refractivity contribution < 1.29 is 10.0 Å². The Labute approximate surface area is 64.3 Å². The number of aromatic nitrogens is 1. The van der Waals surface area contributed by atoms with E-state index >= 15 is 0 Å². The fraction of sp³-hybridized carbons (Fsp3) is 0. The fourth-order valence-electron chi connectivity index (χ4n) is 0.586. The highest BCUT2D eigenvalue weighted by atomic mass is 32.1. The lowest BCUT2D eigenvalue weighted by molar-refractivity contribution is 0.425. The highest BCUT2D eigenvalue weighted by Crippen LogP contribution is 1.98. The maximum Gasteiger partial charge on any atom is 0.490 e. The van der Waals surface area contributed by atoms with Crippen LogP contribution in [0.1, 0.15) is 0 Å². The quantitative estimate of drug-likeness (QED) is 0.362. The molecule has 2 N–H and O–H groups in total. The molecule has 0 aliphatic carbocycles. The topological polar surface area (TPSA) is 53.4 Å². The monoisotopic (exact) mass is 155 g/mol. The summed E-state index contributed by atoms with van der Waals surface area (Å²) < 4.78 is 0. The van der Waals surface area contributed by atoms with E-state index in [1.165, 1.54) is 12.4 Å². The van der Waals surface area contributed by atoms with Gasteiger partial charge in [-0.15, -0.1) is 12.6 Å². The van der Waals surface area contributed by atoms with E-state index in [-0.39, 0.29) is 0 Å². The van der Waals surface area contributed by atoms with Crippen molar-refractivity contribution in [1.82, 2.24) is 4.98 Å². The van der Waals surface area contributed by atoms with Crippen molar-refractivity contribution >= 4 is 25.2 Å². The Hall–Kier alpha value is -0.515. The van der Waals surface area contributed by atoms with Gasteiger partial charge in [0.05, 0.1) is 0 Å². The van der Waals surface area contributed by atoms with Crippen molar-refractivity contribution in [3.63, 3.8) is 0 Å². The molecule has 3 nitrogen and oxygen atoms in total. The lowest BCUT2D eigenvalue weighted by atomic mass is 9.82. The molecule has 0 fully saturated rings. The molecule has 1 aromatic rings. The summed E-state index contributed by atoms with van der Waals surface area (Å²) in [5, 5.41) is 17.3. The van der Waals surface area contributed by atoms with Gasteiger partial charge in [-0.1, -0.05) is 0 Å². The van der Waals surface area contributed by atoms with E-state index < -0.39 is 7.12 Å². The lowest BCUT2D eigenvalue weighted by Gasteiger charge is -1.97. The molecular weight excluding hydrogens is 149 g/mol. The molecule has 0 aliphatic heterocycles. The minimum atomic E-state index is -1.46. The Morgan fingerprint density at radius 1 is 1.40 bits per heavy atom. The largest absolute Gasteiger partial charge is 0.490 e. The molecule has 0 spiro atoms. The van der Waals surface area contributed by atoms with E-state index in [2.05, 4.69) is 17.6 Å². The number of hydrogen-bond acceptors (Lipinski definition) is 4. The van der Waals surface area contributed by atoms with Gasteiger partial charge in [-0.3, -0.25) is 4.98 Å². The summed E-state index contributed by atoms with van der Waals surface area (Å²) in [6.45, 7) is 0. The Morgan fingerprint density at radius 2 is 2.10 bits per heavy atom. The van der Waals surface area contributed by atoms with Crippen LogP contribution in [0.2, 0.25) is 0 Å². The minimum absolute atomic E-state index is 0.354. The number of thiol groups is 1. The van der Waals surface area contributed by atoms with Crippen molar-refractivity contribution in [2.45, 2.75) is 4.90 Å². The Morgan fingerprint density at radius 3 is 2.50 bits per heavy atom. The van der Waals surface area contributed by atoms with Crippen LogP contribution >= 0.6 is 12.6 Å². The Bertz CT molecular complexity index is 231. The van der Waals surface area contributed by atoms with Gasteiger partial charge >= 0.3 is 7.12 Å². The van der Waals surface area contributed by atoms with Gasteiger partial charge in [0.2, 0.25) is 0 Å². The number of nitrogens with zero attached hydrogens (tertiary/aromatic N) is 1. The van der Waals surface area contributed by atoms with E-state index in [9.17, 15) is 0 Å². The van der Waals surface area contributed by atoms with Crippen molar-refractivity contribution in [1.29, 1.82) is 0 Å². The van der Waals surface area contributed by atoms with Crippen LogP contribution in [-0.4, -0.2) is 22.2 Å². The number of hydrogen-bond donors (Lipinski definition) is 3. The zero-order valence-corrected chi connectivity index (χ0v) is 5.99. The third-order valence-electron chi connectivity index (χ3n) is 1.04. The summed E-state index contributed by atoms with van der Waals surface area (Å²) in [7, 11) is -1.46. The first-order valence-corrected chi connectivity index (χ1v) is 3.15. The molecule has 0 unspecified atom stereocenters. The van der Waals surface area contributed by atoms with Gasteiger partial charge in [-0.25, -0.2) is 0 Å².